The van der Waals surface area contributed by atoms with Gasteiger partial charge in [-0.3, -0.25) is 58.6 Å². The van der Waals surface area contributed by atoms with E-state index in [-0.39, 0.29) is 79.1 Å². The number of thioether (sulfide) groups is 1. The van der Waals surface area contributed by atoms with E-state index in [2.05, 4.69) is 53.3 Å². The van der Waals surface area contributed by atoms with E-state index in [1.54, 1.807) is 60.0 Å². The molecule has 2 atom stereocenters. The maximum Gasteiger partial charge on any atom is 0.343 e. The minimum absolute atomic E-state index is 0.00189. The molecule has 0 aliphatic carbocycles. The number of benzene rings is 3. The number of imide groups is 1. The number of esters is 2. The number of nitrogens with one attached hydrogen (secondary N) is 1. The smallest absolute Gasteiger partial charge is 0.343 e. The molecule has 0 spiro atoms. The van der Waals surface area contributed by atoms with E-state index in [1.807, 2.05) is 105 Å². The molecule has 3 aliphatic rings. The fraction of sp³-hybridized carbons (Fsp3) is 0.301. The lowest BCUT2D eigenvalue weighted by Crippen LogP contribution is -2.44. The zero-order valence-electron chi connectivity index (χ0n) is 52.4. The van der Waals surface area contributed by atoms with Crippen LogP contribution in [-0.4, -0.2) is 103 Å². The number of likely N-dealkylation sites (tertiary alicyclic amines) is 1. The normalized spacial score (nSPS) is 15.7. The summed E-state index contributed by atoms with van der Waals surface area (Å²) < 4.78 is 19.1. The van der Waals surface area contributed by atoms with Gasteiger partial charge in [0.25, 0.3) is 11.5 Å². The molecule has 3 aliphatic heterocycles. The van der Waals surface area contributed by atoms with Gasteiger partial charge in [-0.15, -0.1) is 11.8 Å². The Hall–Kier alpha value is -9.80. The second-order valence-corrected chi connectivity index (χ2v) is 25.0. The Morgan fingerprint density at radius 1 is 0.702 bits per heavy atom. The first-order valence-corrected chi connectivity index (χ1v) is 32.8. The minimum atomic E-state index is -1.94. The average Bonchev–Trinajstić information content (AvgIpc) is 1.53. The first-order valence-electron chi connectivity index (χ1n) is 31.7. The van der Waals surface area contributed by atoms with Crippen LogP contribution in [0.4, 0.5) is 0 Å². The average molecular weight is 1280 g/mol. The lowest BCUT2D eigenvalue weighted by atomic mass is 9.86. The summed E-state index contributed by atoms with van der Waals surface area (Å²) in [6.45, 7) is 8.30. The number of cyclic esters (lactones) is 1. The van der Waals surface area contributed by atoms with Gasteiger partial charge in [0, 0.05) is 105 Å². The Bertz CT molecular complexity index is 4110. The summed E-state index contributed by atoms with van der Waals surface area (Å²) in [4.78, 5) is 109. The van der Waals surface area contributed by atoms with E-state index in [9.17, 15) is 33.9 Å². The maximum absolute atomic E-state index is 13.8. The third kappa shape index (κ3) is 15.0. The van der Waals surface area contributed by atoms with Crippen LogP contribution in [0.5, 0.6) is 11.5 Å². The third-order valence-corrected chi connectivity index (χ3v) is 18.4. The van der Waals surface area contributed by atoms with E-state index < -0.39 is 22.8 Å². The van der Waals surface area contributed by atoms with Crippen molar-refractivity contribution in [2.24, 2.45) is 0 Å². The second kappa shape index (κ2) is 29.4. The van der Waals surface area contributed by atoms with Crippen molar-refractivity contribution in [1.29, 1.82) is 0 Å². The molecule has 2 N–H and O–H groups in total. The quantitative estimate of drug-likeness (QED) is 0.0201. The van der Waals surface area contributed by atoms with Gasteiger partial charge in [0.2, 0.25) is 11.8 Å². The van der Waals surface area contributed by atoms with Gasteiger partial charge >= 0.3 is 11.9 Å². The molecule has 3 amide bonds. The number of aliphatic hydroxyl groups is 1. The number of rotatable bonds is 28. The van der Waals surface area contributed by atoms with Crippen molar-refractivity contribution in [3.05, 3.63) is 242 Å². The Balaban J connectivity index is 0.614. The molecule has 6 aromatic heterocycles. The number of fused-ring (bicyclic) bond motifs is 5. The Morgan fingerprint density at radius 3 is 1.89 bits per heavy atom. The van der Waals surface area contributed by atoms with E-state index in [1.165, 1.54) is 16.7 Å². The molecule has 1 fully saturated rings. The second-order valence-electron chi connectivity index (χ2n) is 23.7. The fourth-order valence-corrected chi connectivity index (χ4v) is 13.5. The summed E-state index contributed by atoms with van der Waals surface area (Å²) >= 11 is 1.23. The van der Waals surface area contributed by atoms with Crippen LogP contribution in [0.1, 0.15) is 118 Å². The Morgan fingerprint density at radius 2 is 1.32 bits per heavy atom. The van der Waals surface area contributed by atoms with Gasteiger partial charge < -0.3 is 29.2 Å². The molecular formula is C73H72N10O10S. The van der Waals surface area contributed by atoms with Gasteiger partial charge in [-0.1, -0.05) is 56.3 Å². The number of hydrogen-bond donors (Lipinski definition) is 2. The van der Waals surface area contributed by atoms with Crippen molar-refractivity contribution in [1.82, 2.24) is 49.5 Å². The molecule has 94 heavy (non-hydrogen) atoms. The highest BCUT2D eigenvalue weighted by atomic mass is 32.2. The molecule has 3 aromatic carbocycles. The van der Waals surface area contributed by atoms with Gasteiger partial charge in [-0.05, 0) is 145 Å². The topological polar surface area (TPSA) is 241 Å². The highest BCUT2D eigenvalue weighted by Crippen LogP contribution is 2.41. The van der Waals surface area contributed by atoms with Crippen LogP contribution in [0.3, 0.4) is 0 Å². The number of aryl methyl sites for hydroxylation is 1. The predicted octanol–water partition coefficient (Wildman–Crippen LogP) is 9.57. The van der Waals surface area contributed by atoms with Gasteiger partial charge in [0.05, 0.1) is 76.6 Å². The molecule has 21 heteroatoms. The number of carbonyl (C=O) groups is 5. The fourth-order valence-electron chi connectivity index (χ4n) is 12.4. The van der Waals surface area contributed by atoms with E-state index in [0.717, 1.165) is 56.2 Å². The first kappa shape index (κ1) is 64.3. The molecule has 1 saturated heterocycles. The van der Waals surface area contributed by atoms with Gasteiger partial charge in [0.1, 0.15) is 18.1 Å². The number of carbonyl (C=O) groups excluding carboxylic acids is 5. The van der Waals surface area contributed by atoms with Crippen LogP contribution in [-0.2, 0) is 94.9 Å². The van der Waals surface area contributed by atoms with Crippen LogP contribution in [0.15, 0.2) is 169 Å². The summed E-state index contributed by atoms with van der Waals surface area (Å²) in [5.41, 5.74) is 8.80. The van der Waals surface area contributed by atoms with Crippen molar-refractivity contribution in [2.75, 3.05) is 18.9 Å². The molecule has 9 heterocycles. The highest BCUT2D eigenvalue weighted by molar-refractivity contribution is 8.00. The number of ether oxygens (including phenoxy) is 3. The number of unbranched alkanes of at least 4 members (excludes halogenated alkanes) is 1. The number of nitrogens with zero attached hydrogens (tertiary/aromatic N) is 9. The number of amides is 3. The summed E-state index contributed by atoms with van der Waals surface area (Å²) in [5, 5.41) is 14.4. The third-order valence-electron chi connectivity index (χ3n) is 17.2. The summed E-state index contributed by atoms with van der Waals surface area (Å²) in [5.74, 6) is -0.881. The van der Waals surface area contributed by atoms with Crippen LogP contribution in [0, 0.1) is 0 Å². The number of hydrogen-bond acceptors (Lipinski definition) is 18. The van der Waals surface area contributed by atoms with E-state index >= 15 is 0 Å². The lowest BCUT2D eigenvalue weighted by molar-refractivity contribution is -0.172. The van der Waals surface area contributed by atoms with Gasteiger partial charge in [-0.2, -0.15) is 0 Å². The summed E-state index contributed by atoms with van der Waals surface area (Å²) in [6.07, 6.45) is 9.23. The number of pyridine rings is 6. The van der Waals surface area contributed by atoms with E-state index in [4.69, 9.17) is 19.2 Å². The molecular weight excluding hydrogens is 1210 g/mol. The molecule has 20 nitrogen and oxygen atoms in total. The van der Waals surface area contributed by atoms with Crippen molar-refractivity contribution in [3.63, 3.8) is 0 Å². The monoisotopic (exact) mass is 1280 g/mol. The Kier molecular flexibility index (Phi) is 20.1. The predicted molar refractivity (Wildman–Crippen MR) is 353 cm³/mol. The molecule has 9 aromatic rings. The van der Waals surface area contributed by atoms with Crippen molar-refractivity contribution < 1.29 is 43.3 Å². The zero-order chi connectivity index (χ0) is 65.1. The summed E-state index contributed by atoms with van der Waals surface area (Å²) in [7, 11) is 0. The molecule has 480 valence electrons. The van der Waals surface area contributed by atoms with Crippen LogP contribution in [0.25, 0.3) is 22.3 Å². The van der Waals surface area contributed by atoms with Crippen LogP contribution < -0.4 is 20.3 Å². The van der Waals surface area contributed by atoms with Crippen molar-refractivity contribution >= 4 is 52.3 Å². The summed E-state index contributed by atoms with van der Waals surface area (Å²) in [6, 6.07) is 44.0. The van der Waals surface area contributed by atoms with Crippen molar-refractivity contribution in [3.8, 4) is 22.9 Å². The number of aromatic nitrogens is 6. The van der Waals surface area contributed by atoms with Crippen LogP contribution in [0.2, 0.25) is 0 Å². The minimum Gasteiger partial charge on any atom is -0.494 e. The SMILES string of the molecule is CCc1c2c(nc3ccc(OC(=O)CCSC4CC(=O)N(Cc5ccc(C(=O)NCCCCOc6cc(CN(Cc7ccccn7)Cc7ccccn7)cc(CN(Cc7ccccn7)Cc7ccccn7)c6)cc5)C4=O)cc13)-c1cc3c(c(=O)n1C2)COC(=O)[C@]3(O)CC. The van der Waals surface area contributed by atoms with Gasteiger partial charge in [0.15, 0.2) is 5.60 Å². The maximum atomic E-state index is 13.8. The molecule has 0 bridgehead atoms. The largest absolute Gasteiger partial charge is 0.494 e. The van der Waals surface area contributed by atoms with Gasteiger partial charge in [-0.25, -0.2) is 9.78 Å². The molecule has 1 unspecified atom stereocenters. The molecule has 0 saturated carbocycles. The standard InChI is InChI=1S/C73H72N10O10S/c1-3-58-59-36-56(23-24-63(59)79-68-60(58)46-82-64(68)37-62-61(70(82)87)47-92-72(89)73(62,90)4-2)93-67(85)25-32-94-65-38-66(84)83(71(65)88)41-48-19-21-51(22-20-48)69(86)78-30-13-14-31-91-57-34-49(39-80(42-52-15-5-9-26-74-52)43-53-16-6-10-27-75-53)33-50(35-57)40-81(44-54-17-7-11-28-76-54)45-55-18-8-12-29-77-55/h5-12,15-24,26-29,33-37,65,90H,3-4,13-14,25,30-32,38-47H2,1-2H3,(H,78,86)/t65?,73-/m0/s1. The Labute approximate surface area is 548 Å². The first-order chi connectivity index (χ1) is 45.8. The highest BCUT2D eigenvalue weighted by Gasteiger charge is 2.46. The van der Waals surface area contributed by atoms with Crippen molar-refractivity contribution in [2.45, 2.75) is 122 Å². The lowest BCUT2D eigenvalue weighted by Gasteiger charge is -2.31. The van der Waals surface area contributed by atoms with Crippen LogP contribution >= 0.6 is 11.8 Å². The van der Waals surface area contributed by atoms with E-state index in [0.29, 0.717) is 105 Å². The molecule has 12 rings (SSSR count). The zero-order valence-corrected chi connectivity index (χ0v) is 53.3. The molecule has 0 radical (unpaired) electrons.